The van der Waals surface area contributed by atoms with E-state index in [9.17, 15) is 4.79 Å². The van der Waals surface area contributed by atoms with Crippen LogP contribution in [0.1, 0.15) is 12.8 Å². The monoisotopic (exact) mass is 314 g/mol. The van der Waals surface area contributed by atoms with Crippen LogP contribution in [0.3, 0.4) is 0 Å². The molecule has 118 valence electrons. The molecule has 1 aromatic carbocycles. The van der Waals surface area contributed by atoms with Crippen molar-refractivity contribution in [3.05, 3.63) is 29.3 Å². The number of rotatable bonds is 9. The summed E-state index contributed by atoms with van der Waals surface area (Å²) in [4.78, 5) is 13.6. The van der Waals surface area contributed by atoms with E-state index in [4.69, 9.17) is 26.8 Å². The largest absolute Gasteiger partial charge is 0.492 e. The van der Waals surface area contributed by atoms with Crippen LogP contribution in [0.25, 0.3) is 0 Å². The van der Waals surface area contributed by atoms with Crippen molar-refractivity contribution in [1.29, 1.82) is 0 Å². The van der Waals surface area contributed by atoms with Crippen LogP contribution in [0.4, 0.5) is 0 Å². The molecule has 0 saturated carbocycles. The molecule has 5 nitrogen and oxygen atoms in total. The lowest BCUT2D eigenvalue weighted by atomic mass is 10.1. The van der Waals surface area contributed by atoms with Crippen molar-refractivity contribution >= 4 is 17.5 Å². The van der Waals surface area contributed by atoms with Gasteiger partial charge in [-0.3, -0.25) is 4.79 Å². The lowest BCUT2D eigenvalue weighted by molar-refractivity contribution is -0.131. The van der Waals surface area contributed by atoms with E-state index in [-0.39, 0.29) is 5.91 Å². The van der Waals surface area contributed by atoms with Crippen molar-refractivity contribution in [2.45, 2.75) is 18.9 Å². The van der Waals surface area contributed by atoms with Crippen LogP contribution < -0.4 is 10.5 Å². The van der Waals surface area contributed by atoms with Crippen molar-refractivity contribution < 1.29 is 14.3 Å². The molecular formula is C15H23ClN2O3. The van der Waals surface area contributed by atoms with Gasteiger partial charge in [-0.2, -0.15) is 0 Å². The van der Waals surface area contributed by atoms with E-state index >= 15 is 0 Å². The summed E-state index contributed by atoms with van der Waals surface area (Å²) in [5.41, 5.74) is 5.86. The molecule has 1 rings (SSSR count). The molecule has 1 aromatic rings. The van der Waals surface area contributed by atoms with E-state index < -0.39 is 6.04 Å². The lowest BCUT2D eigenvalue weighted by Crippen LogP contribution is -2.43. The van der Waals surface area contributed by atoms with Gasteiger partial charge in [-0.05, 0) is 31.0 Å². The second-order valence-corrected chi connectivity index (χ2v) is 5.24. The standard InChI is InChI=1S/C15H23ClN2O3/c1-18(15(19)14(17)7-4-9-20-2)8-10-21-13-6-3-5-12(16)11-13/h3,5-6,11,14H,4,7-10,17H2,1-2H3. The molecule has 0 aliphatic heterocycles. The number of amides is 1. The molecule has 0 fully saturated rings. The average Bonchev–Trinajstić information content (AvgIpc) is 2.46. The number of halogens is 1. The maximum atomic E-state index is 12.0. The van der Waals surface area contributed by atoms with Crippen LogP contribution >= 0.6 is 11.6 Å². The number of nitrogens with two attached hydrogens (primary N) is 1. The summed E-state index contributed by atoms with van der Waals surface area (Å²) in [6.45, 7) is 1.49. The fraction of sp³-hybridized carbons (Fsp3) is 0.533. The van der Waals surface area contributed by atoms with Gasteiger partial charge in [0.2, 0.25) is 5.91 Å². The minimum Gasteiger partial charge on any atom is -0.492 e. The number of carbonyl (C=O) groups excluding carboxylic acids is 1. The zero-order valence-electron chi connectivity index (χ0n) is 12.5. The van der Waals surface area contributed by atoms with Crippen LogP contribution in [0, 0.1) is 0 Å². The van der Waals surface area contributed by atoms with Crippen molar-refractivity contribution in [3.63, 3.8) is 0 Å². The third-order valence-electron chi connectivity index (χ3n) is 3.05. The fourth-order valence-corrected chi connectivity index (χ4v) is 2.00. The van der Waals surface area contributed by atoms with E-state index in [1.807, 2.05) is 12.1 Å². The highest BCUT2D eigenvalue weighted by atomic mass is 35.5. The molecular weight excluding hydrogens is 292 g/mol. The van der Waals surface area contributed by atoms with Gasteiger partial charge in [-0.1, -0.05) is 17.7 Å². The first kappa shape index (κ1) is 17.8. The molecule has 0 aromatic heterocycles. The van der Waals surface area contributed by atoms with Crippen molar-refractivity contribution in [2.24, 2.45) is 5.73 Å². The normalized spacial score (nSPS) is 12.0. The van der Waals surface area contributed by atoms with Crippen molar-refractivity contribution in [2.75, 3.05) is 33.9 Å². The molecule has 0 saturated heterocycles. The minimum atomic E-state index is -0.490. The Morgan fingerprint density at radius 2 is 2.19 bits per heavy atom. The summed E-state index contributed by atoms with van der Waals surface area (Å²) in [5.74, 6) is 0.605. The number of ether oxygens (including phenoxy) is 2. The number of hydrogen-bond donors (Lipinski definition) is 1. The highest BCUT2D eigenvalue weighted by Crippen LogP contribution is 2.16. The Hall–Kier alpha value is -1.30. The first-order chi connectivity index (χ1) is 10.0. The summed E-state index contributed by atoms with van der Waals surface area (Å²) in [6.07, 6.45) is 1.39. The van der Waals surface area contributed by atoms with Gasteiger partial charge in [-0.25, -0.2) is 0 Å². The maximum Gasteiger partial charge on any atom is 0.239 e. The van der Waals surface area contributed by atoms with Crippen LogP contribution in [0.2, 0.25) is 5.02 Å². The molecule has 0 spiro atoms. The van der Waals surface area contributed by atoms with Gasteiger partial charge in [0, 0.05) is 25.8 Å². The van der Waals surface area contributed by atoms with Gasteiger partial charge < -0.3 is 20.1 Å². The van der Waals surface area contributed by atoms with Crippen LogP contribution in [-0.2, 0) is 9.53 Å². The zero-order chi connectivity index (χ0) is 15.7. The third-order valence-corrected chi connectivity index (χ3v) is 3.28. The Labute approximate surface area is 131 Å². The third kappa shape index (κ3) is 6.80. The Bertz CT molecular complexity index is 443. The highest BCUT2D eigenvalue weighted by Gasteiger charge is 2.17. The quantitative estimate of drug-likeness (QED) is 0.707. The second-order valence-electron chi connectivity index (χ2n) is 4.81. The summed E-state index contributed by atoms with van der Waals surface area (Å²) >= 11 is 5.87. The topological polar surface area (TPSA) is 64.8 Å². The molecule has 0 heterocycles. The first-order valence-electron chi connectivity index (χ1n) is 6.92. The van der Waals surface area contributed by atoms with Crippen LogP contribution in [0.5, 0.6) is 5.75 Å². The smallest absolute Gasteiger partial charge is 0.239 e. The number of nitrogens with zero attached hydrogens (tertiary/aromatic N) is 1. The van der Waals surface area contributed by atoms with E-state index in [2.05, 4.69) is 0 Å². The van der Waals surface area contributed by atoms with Gasteiger partial charge in [0.15, 0.2) is 0 Å². The number of benzene rings is 1. The summed E-state index contributed by atoms with van der Waals surface area (Å²) in [6, 6.07) is 6.67. The Kier molecular flexibility index (Phi) is 8.12. The predicted octanol–water partition coefficient (Wildman–Crippen LogP) is 1.93. The molecule has 21 heavy (non-hydrogen) atoms. The molecule has 0 radical (unpaired) electrons. The first-order valence-corrected chi connectivity index (χ1v) is 7.30. The Morgan fingerprint density at radius 1 is 1.43 bits per heavy atom. The Balaban J connectivity index is 2.29. The number of methoxy groups -OCH3 is 1. The second kappa shape index (κ2) is 9.60. The zero-order valence-corrected chi connectivity index (χ0v) is 13.3. The molecule has 0 aliphatic carbocycles. The fourth-order valence-electron chi connectivity index (χ4n) is 1.82. The minimum absolute atomic E-state index is 0.0826. The van der Waals surface area contributed by atoms with Gasteiger partial charge in [0.25, 0.3) is 0 Å². The number of carbonyl (C=O) groups is 1. The SMILES string of the molecule is COCCCC(N)C(=O)N(C)CCOc1cccc(Cl)c1. The molecule has 1 atom stereocenters. The van der Waals surface area contributed by atoms with Crippen molar-refractivity contribution in [1.82, 2.24) is 4.90 Å². The molecule has 1 unspecified atom stereocenters. The van der Waals surface area contributed by atoms with Gasteiger partial charge in [0.05, 0.1) is 12.6 Å². The maximum absolute atomic E-state index is 12.0. The highest BCUT2D eigenvalue weighted by molar-refractivity contribution is 6.30. The molecule has 0 bridgehead atoms. The summed E-state index contributed by atoms with van der Waals surface area (Å²) in [5, 5.41) is 0.622. The van der Waals surface area contributed by atoms with Gasteiger partial charge >= 0.3 is 0 Å². The summed E-state index contributed by atoms with van der Waals surface area (Å²) < 4.78 is 10.5. The molecule has 1 amide bonds. The van der Waals surface area contributed by atoms with Crippen molar-refractivity contribution in [3.8, 4) is 5.75 Å². The molecule has 6 heteroatoms. The Morgan fingerprint density at radius 3 is 2.86 bits per heavy atom. The number of hydrogen-bond acceptors (Lipinski definition) is 4. The number of likely N-dealkylation sites (N-methyl/N-ethyl adjacent to an activating group) is 1. The van der Waals surface area contributed by atoms with Gasteiger partial charge in [0.1, 0.15) is 12.4 Å². The van der Waals surface area contributed by atoms with E-state index in [1.165, 1.54) is 0 Å². The van der Waals surface area contributed by atoms with Crippen LogP contribution in [0.15, 0.2) is 24.3 Å². The van der Waals surface area contributed by atoms with E-state index in [1.54, 1.807) is 31.2 Å². The van der Waals surface area contributed by atoms with Gasteiger partial charge in [-0.15, -0.1) is 0 Å². The molecule has 0 aliphatic rings. The van der Waals surface area contributed by atoms with Crippen LogP contribution in [-0.4, -0.2) is 50.8 Å². The molecule has 2 N–H and O–H groups in total. The summed E-state index contributed by atoms with van der Waals surface area (Å²) in [7, 11) is 3.35. The predicted molar refractivity (Wildman–Crippen MR) is 83.7 cm³/mol. The lowest BCUT2D eigenvalue weighted by Gasteiger charge is -2.21. The van der Waals surface area contributed by atoms with E-state index in [0.29, 0.717) is 37.0 Å². The average molecular weight is 315 g/mol. The van der Waals surface area contributed by atoms with E-state index in [0.717, 1.165) is 6.42 Å².